The second-order valence-electron chi connectivity index (χ2n) is 8.49. The molecule has 0 unspecified atom stereocenters. The third-order valence-corrected chi connectivity index (χ3v) is 5.97. The molecule has 1 aromatic rings. The second-order valence-corrected chi connectivity index (χ2v) is 8.49. The summed E-state index contributed by atoms with van der Waals surface area (Å²) in [6.45, 7) is 9.14. The average Bonchev–Trinajstić information content (AvgIpc) is 2.75. The molecule has 0 saturated carbocycles. The summed E-state index contributed by atoms with van der Waals surface area (Å²) in [5.41, 5.74) is 0.720. The number of nitrogens with zero attached hydrogens (tertiary/aromatic N) is 3. The van der Waals surface area contributed by atoms with E-state index < -0.39 is 0 Å². The molecule has 0 radical (unpaired) electrons. The number of guanidine groups is 1. The minimum absolute atomic E-state index is 0.0891. The summed E-state index contributed by atoms with van der Waals surface area (Å²) in [5, 5.41) is 3.45. The van der Waals surface area contributed by atoms with Crippen molar-refractivity contribution in [2.24, 2.45) is 10.9 Å². The van der Waals surface area contributed by atoms with Crippen molar-refractivity contribution < 1.29 is 13.9 Å². The summed E-state index contributed by atoms with van der Waals surface area (Å²) in [4.78, 5) is 21.3. The number of nitrogens with one attached hydrogen (secondary N) is 1. The maximum absolute atomic E-state index is 13.6. The Bertz CT molecular complexity index is 723. The molecule has 2 heterocycles. The second kappa shape index (κ2) is 9.57. The Morgan fingerprint density at radius 1 is 1.21 bits per heavy atom. The molecule has 0 aromatic heterocycles. The molecule has 2 aliphatic heterocycles. The highest BCUT2D eigenvalue weighted by Gasteiger charge is 2.31. The van der Waals surface area contributed by atoms with Crippen molar-refractivity contribution in [2.45, 2.75) is 32.1 Å². The van der Waals surface area contributed by atoms with E-state index in [9.17, 15) is 9.18 Å². The van der Waals surface area contributed by atoms with Gasteiger partial charge in [0, 0.05) is 51.1 Å². The summed E-state index contributed by atoms with van der Waals surface area (Å²) in [6.07, 6.45) is 1.67. The Balaban J connectivity index is 1.52. The van der Waals surface area contributed by atoms with E-state index in [1.807, 2.05) is 11.0 Å². The Morgan fingerprint density at radius 2 is 1.90 bits per heavy atom. The molecular weight excluding hydrogens is 371 g/mol. The van der Waals surface area contributed by atoms with Crippen LogP contribution in [0.15, 0.2) is 29.3 Å². The summed E-state index contributed by atoms with van der Waals surface area (Å²) in [6, 6.07) is 6.76. The van der Waals surface area contributed by atoms with E-state index in [4.69, 9.17) is 4.74 Å². The number of hydrogen-bond donors (Lipinski definition) is 1. The number of amides is 1. The van der Waals surface area contributed by atoms with Crippen LogP contribution in [0.25, 0.3) is 0 Å². The molecule has 3 rings (SSSR count). The molecule has 2 aliphatic rings. The molecule has 2 fully saturated rings. The van der Waals surface area contributed by atoms with Gasteiger partial charge in [0.2, 0.25) is 5.91 Å². The lowest BCUT2D eigenvalue weighted by Gasteiger charge is -2.37. The summed E-state index contributed by atoms with van der Waals surface area (Å²) in [7, 11) is 1.78. The van der Waals surface area contributed by atoms with Gasteiger partial charge < -0.3 is 19.9 Å². The number of carbonyl (C=O) groups is 1. The molecule has 1 N–H and O–H groups in total. The maximum atomic E-state index is 13.6. The highest BCUT2D eigenvalue weighted by Crippen LogP contribution is 2.24. The molecule has 1 amide bonds. The number of halogens is 1. The highest BCUT2D eigenvalue weighted by atomic mass is 19.1. The molecule has 0 bridgehead atoms. The van der Waals surface area contributed by atoms with Crippen LogP contribution in [-0.2, 0) is 14.9 Å². The van der Waals surface area contributed by atoms with Crippen molar-refractivity contribution in [1.29, 1.82) is 0 Å². The molecule has 160 valence electrons. The molecule has 0 spiro atoms. The van der Waals surface area contributed by atoms with Crippen LogP contribution in [0, 0.1) is 11.7 Å². The molecule has 2 saturated heterocycles. The maximum Gasteiger partial charge on any atom is 0.225 e. The Morgan fingerprint density at radius 3 is 2.52 bits per heavy atom. The highest BCUT2D eigenvalue weighted by molar-refractivity contribution is 5.82. The van der Waals surface area contributed by atoms with E-state index in [0.717, 1.165) is 37.5 Å². The summed E-state index contributed by atoms with van der Waals surface area (Å²) in [5.74, 6) is 0.980. The number of aliphatic imine (C=N–C) groups is 1. The van der Waals surface area contributed by atoms with Crippen LogP contribution in [0.4, 0.5) is 4.39 Å². The standard InChI is InChI=1S/C22H33FN4O2/c1-22(2,18-5-4-6-19(23)15-18)16-25-21(24-3)27-9-7-17(8-10-27)20(28)26-11-13-29-14-12-26/h4-6,15,17H,7-14,16H2,1-3H3,(H,24,25). The van der Waals surface area contributed by atoms with Crippen LogP contribution in [0.2, 0.25) is 0 Å². The fourth-order valence-corrected chi connectivity index (χ4v) is 4.02. The topological polar surface area (TPSA) is 57.2 Å². The molecule has 7 heteroatoms. The monoisotopic (exact) mass is 404 g/mol. The van der Waals surface area contributed by atoms with Gasteiger partial charge in [-0.05, 0) is 30.5 Å². The van der Waals surface area contributed by atoms with Crippen LogP contribution < -0.4 is 5.32 Å². The molecule has 0 atom stereocenters. The first kappa shape index (κ1) is 21.6. The van der Waals surface area contributed by atoms with Crippen LogP contribution >= 0.6 is 0 Å². The first-order valence-corrected chi connectivity index (χ1v) is 10.5. The van der Waals surface area contributed by atoms with Gasteiger partial charge in [-0.15, -0.1) is 0 Å². The van der Waals surface area contributed by atoms with Gasteiger partial charge >= 0.3 is 0 Å². The van der Waals surface area contributed by atoms with Crippen molar-refractivity contribution in [3.63, 3.8) is 0 Å². The van der Waals surface area contributed by atoms with Crippen molar-refractivity contribution in [3.05, 3.63) is 35.6 Å². The lowest BCUT2D eigenvalue weighted by atomic mass is 9.84. The summed E-state index contributed by atoms with van der Waals surface area (Å²) < 4.78 is 18.9. The predicted molar refractivity (Wildman–Crippen MR) is 112 cm³/mol. The normalized spacial score (nSPS) is 19.4. The van der Waals surface area contributed by atoms with Crippen LogP contribution in [0.3, 0.4) is 0 Å². The molecule has 6 nitrogen and oxygen atoms in total. The Kier molecular flexibility index (Phi) is 7.11. The van der Waals surface area contributed by atoms with Gasteiger partial charge in [-0.3, -0.25) is 9.79 Å². The quantitative estimate of drug-likeness (QED) is 0.618. The van der Waals surface area contributed by atoms with E-state index in [0.29, 0.717) is 32.8 Å². The number of likely N-dealkylation sites (tertiary alicyclic amines) is 1. The van der Waals surface area contributed by atoms with Crippen LogP contribution in [-0.4, -0.2) is 74.7 Å². The Labute approximate surface area is 173 Å². The number of morpholine rings is 1. The molecule has 29 heavy (non-hydrogen) atoms. The smallest absolute Gasteiger partial charge is 0.225 e. The lowest BCUT2D eigenvalue weighted by Crippen LogP contribution is -2.51. The fourth-order valence-electron chi connectivity index (χ4n) is 4.02. The number of hydrogen-bond acceptors (Lipinski definition) is 3. The van der Waals surface area contributed by atoms with Crippen molar-refractivity contribution in [3.8, 4) is 0 Å². The zero-order valence-electron chi connectivity index (χ0n) is 17.8. The zero-order chi connectivity index (χ0) is 20.9. The number of piperidine rings is 1. The number of ether oxygens (including phenoxy) is 1. The average molecular weight is 405 g/mol. The minimum Gasteiger partial charge on any atom is -0.378 e. The molecular formula is C22H33FN4O2. The fraction of sp³-hybridized carbons (Fsp3) is 0.636. The van der Waals surface area contributed by atoms with E-state index in [1.165, 1.54) is 6.07 Å². The SMILES string of the molecule is CN=C(NCC(C)(C)c1cccc(F)c1)N1CCC(C(=O)N2CCOCC2)CC1. The van der Waals surface area contributed by atoms with E-state index in [1.54, 1.807) is 19.2 Å². The first-order valence-electron chi connectivity index (χ1n) is 10.5. The first-order chi connectivity index (χ1) is 13.9. The third-order valence-electron chi connectivity index (χ3n) is 5.97. The van der Waals surface area contributed by atoms with Gasteiger partial charge in [-0.25, -0.2) is 4.39 Å². The number of benzene rings is 1. The van der Waals surface area contributed by atoms with Gasteiger partial charge in [-0.2, -0.15) is 0 Å². The van der Waals surface area contributed by atoms with Gasteiger partial charge in [0.15, 0.2) is 5.96 Å². The van der Waals surface area contributed by atoms with Crippen molar-refractivity contribution in [2.75, 3.05) is 53.0 Å². The van der Waals surface area contributed by atoms with Gasteiger partial charge in [0.1, 0.15) is 5.82 Å². The summed E-state index contributed by atoms with van der Waals surface area (Å²) >= 11 is 0. The molecule has 0 aliphatic carbocycles. The minimum atomic E-state index is -0.233. The zero-order valence-corrected chi connectivity index (χ0v) is 17.8. The van der Waals surface area contributed by atoms with E-state index in [2.05, 4.69) is 29.1 Å². The van der Waals surface area contributed by atoms with Crippen LogP contribution in [0.1, 0.15) is 32.3 Å². The number of rotatable bonds is 4. The Hall–Kier alpha value is -2.15. The van der Waals surface area contributed by atoms with E-state index in [-0.39, 0.29) is 23.1 Å². The lowest BCUT2D eigenvalue weighted by molar-refractivity contribution is -0.140. The number of carbonyl (C=O) groups excluding carboxylic acids is 1. The molecule has 1 aromatic carbocycles. The van der Waals surface area contributed by atoms with Gasteiger partial charge in [-0.1, -0.05) is 26.0 Å². The van der Waals surface area contributed by atoms with E-state index >= 15 is 0 Å². The predicted octanol–water partition coefficient (Wildman–Crippen LogP) is 2.25. The van der Waals surface area contributed by atoms with Crippen molar-refractivity contribution in [1.82, 2.24) is 15.1 Å². The van der Waals surface area contributed by atoms with Gasteiger partial charge in [0.25, 0.3) is 0 Å². The largest absolute Gasteiger partial charge is 0.378 e. The third kappa shape index (κ3) is 5.47. The van der Waals surface area contributed by atoms with Crippen molar-refractivity contribution >= 4 is 11.9 Å². The van der Waals surface area contributed by atoms with Gasteiger partial charge in [0.05, 0.1) is 13.2 Å². The van der Waals surface area contributed by atoms with Crippen LogP contribution in [0.5, 0.6) is 0 Å².